The first-order valence-corrected chi connectivity index (χ1v) is 14.9. The summed E-state index contributed by atoms with van der Waals surface area (Å²) in [6.07, 6.45) is 7.79. The van der Waals surface area contributed by atoms with Gasteiger partial charge in [-0.15, -0.1) is 0 Å². The molecular formula is C29H42N4O4S. The molecule has 1 amide bonds. The highest BCUT2D eigenvalue weighted by atomic mass is 32.2. The maximum atomic E-state index is 13.1. The van der Waals surface area contributed by atoms with E-state index in [0.717, 1.165) is 24.4 Å². The molecule has 4 rings (SSSR count). The Labute approximate surface area is 230 Å². The number of nitrogens with zero attached hydrogens (tertiary/aromatic N) is 4. The summed E-state index contributed by atoms with van der Waals surface area (Å²) in [5.41, 5.74) is 0.921. The van der Waals surface area contributed by atoms with Crippen molar-refractivity contribution >= 4 is 29.5 Å². The lowest BCUT2D eigenvalue weighted by Gasteiger charge is -2.33. The average Bonchev–Trinajstić information content (AvgIpc) is 3.40. The molecule has 1 saturated heterocycles. The van der Waals surface area contributed by atoms with E-state index in [2.05, 4.69) is 38.8 Å². The van der Waals surface area contributed by atoms with E-state index >= 15 is 0 Å². The van der Waals surface area contributed by atoms with E-state index in [9.17, 15) is 9.59 Å². The third-order valence-electron chi connectivity index (χ3n) is 7.49. The van der Waals surface area contributed by atoms with Crippen LogP contribution in [0, 0.1) is 5.92 Å². The molecule has 1 atom stereocenters. The lowest BCUT2D eigenvalue weighted by atomic mass is 9.91. The molecule has 208 valence electrons. The second kappa shape index (κ2) is 12.5. The molecule has 9 heteroatoms. The molecule has 0 N–H and O–H groups in total. The summed E-state index contributed by atoms with van der Waals surface area (Å²) in [7, 11) is 2.15. The van der Waals surface area contributed by atoms with Crippen LogP contribution in [0.25, 0.3) is 0 Å². The van der Waals surface area contributed by atoms with Gasteiger partial charge in [0.25, 0.3) is 5.91 Å². The van der Waals surface area contributed by atoms with Gasteiger partial charge in [0.15, 0.2) is 10.9 Å². The molecule has 3 heterocycles. The number of carbonyl (C=O) groups excluding carboxylic acids is 2. The lowest BCUT2D eigenvalue weighted by molar-refractivity contribution is -0.149. The monoisotopic (exact) mass is 542 g/mol. The predicted octanol–water partition coefficient (Wildman–Crippen LogP) is 5.84. The maximum absolute atomic E-state index is 13.1. The molecule has 38 heavy (non-hydrogen) atoms. The fraction of sp³-hybridized carbons (Fsp3) is 0.655. The van der Waals surface area contributed by atoms with Crippen molar-refractivity contribution in [1.29, 1.82) is 0 Å². The molecule has 1 unspecified atom stereocenters. The Morgan fingerprint density at radius 3 is 2.61 bits per heavy atom. The fourth-order valence-corrected chi connectivity index (χ4v) is 5.92. The van der Waals surface area contributed by atoms with Crippen LogP contribution in [-0.4, -0.2) is 59.5 Å². The van der Waals surface area contributed by atoms with Crippen molar-refractivity contribution in [3.63, 3.8) is 0 Å². The van der Waals surface area contributed by atoms with Gasteiger partial charge in [-0.25, -0.2) is 9.97 Å². The highest BCUT2D eigenvalue weighted by molar-refractivity contribution is 7.98. The minimum atomic E-state index is -0.272. The molecular weight excluding hydrogens is 500 g/mol. The van der Waals surface area contributed by atoms with Crippen molar-refractivity contribution < 1.29 is 18.7 Å². The van der Waals surface area contributed by atoms with Gasteiger partial charge < -0.3 is 19.0 Å². The van der Waals surface area contributed by atoms with E-state index in [0.29, 0.717) is 48.2 Å². The van der Waals surface area contributed by atoms with Crippen molar-refractivity contribution in [3.8, 4) is 0 Å². The Balaban J connectivity index is 1.43. The zero-order valence-corrected chi connectivity index (χ0v) is 24.3. The summed E-state index contributed by atoms with van der Waals surface area (Å²) in [6, 6.07) is 6.21. The van der Waals surface area contributed by atoms with Crippen LogP contribution in [0.1, 0.15) is 94.6 Å². The number of hydrogen-bond donors (Lipinski definition) is 0. The first-order chi connectivity index (χ1) is 18.2. The first-order valence-electron chi connectivity index (χ1n) is 14.0. The number of ether oxygens (including phenoxy) is 1. The first kappa shape index (κ1) is 28.5. The number of amides is 1. The second-order valence-corrected chi connectivity index (χ2v) is 12.4. The average molecular weight is 543 g/mol. The Bertz CT molecular complexity index is 1110. The summed E-state index contributed by atoms with van der Waals surface area (Å²) >= 11 is 1.52. The Morgan fingerprint density at radius 1 is 1.13 bits per heavy atom. The minimum absolute atomic E-state index is 0.0967. The summed E-state index contributed by atoms with van der Waals surface area (Å²) in [6.45, 7) is 9.65. The number of rotatable bonds is 8. The number of thioether (sulfide) groups is 1. The molecule has 0 bridgehead atoms. The van der Waals surface area contributed by atoms with Crippen molar-refractivity contribution in [3.05, 3.63) is 35.4 Å². The molecule has 0 aromatic carbocycles. The van der Waals surface area contributed by atoms with Crippen LogP contribution in [0.4, 0.5) is 5.82 Å². The molecule has 0 radical (unpaired) electrons. The quantitative estimate of drug-likeness (QED) is 0.233. The number of carbonyl (C=O) groups is 2. The minimum Gasteiger partial charge on any atom is -0.466 e. The molecule has 2 fully saturated rings. The number of furan rings is 1. The molecule has 8 nitrogen and oxygen atoms in total. The van der Waals surface area contributed by atoms with E-state index < -0.39 is 0 Å². The number of likely N-dealkylation sites (tertiary alicyclic amines) is 1. The highest BCUT2D eigenvalue weighted by Crippen LogP contribution is 2.31. The largest absolute Gasteiger partial charge is 0.466 e. The van der Waals surface area contributed by atoms with Gasteiger partial charge in [-0.3, -0.25) is 9.59 Å². The molecule has 1 aliphatic carbocycles. The molecule has 1 aliphatic heterocycles. The van der Waals surface area contributed by atoms with Crippen LogP contribution in [0.5, 0.6) is 0 Å². The number of piperidine rings is 1. The van der Waals surface area contributed by atoms with Crippen LogP contribution >= 0.6 is 11.8 Å². The van der Waals surface area contributed by atoms with Gasteiger partial charge in [-0.05, 0) is 44.7 Å². The summed E-state index contributed by atoms with van der Waals surface area (Å²) < 4.78 is 11.1. The van der Waals surface area contributed by atoms with Gasteiger partial charge >= 0.3 is 5.97 Å². The zero-order chi connectivity index (χ0) is 27.3. The number of hydrogen-bond acceptors (Lipinski definition) is 8. The van der Waals surface area contributed by atoms with Gasteiger partial charge in [0, 0.05) is 37.7 Å². The molecule has 0 spiro atoms. The smallest absolute Gasteiger partial charge is 0.310 e. The van der Waals surface area contributed by atoms with E-state index in [1.807, 2.05) is 6.07 Å². The molecule has 2 aromatic rings. The van der Waals surface area contributed by atoms with Crippen molar-refractivity contribution in [2.45, 2.75) is 95.0 Å². The third-order valence-corrected chi connectivity index (χ3v) is 8.36. The van der Waals surface area contributed by atoms with Gasteiger partial charge in [-0.2, -0.15) is 0 Å². The van der Waals surface area contributed by atoms with E-state index in [4.69, 9.17) is 19.1 Å². The Kier molecular flexibility index (Phi) is 9.39. The number of esters is 1. The topological polar surface area (TPSA) is 88.8 Å². The van der Waals surface area contributed by atoms with Crippen LogP contribution in [0.15, 0.2) is 27.8 Å². The van der Waals surface area contributed by atoms with Crippen molar-refractivity contribution in [2.75, 3.05) is 31.6 Å². The van der Waals surface area contributed by atoms with Crippen LogP contribution in [-0.2, 0) is 20.7 Å². The number of aromatic nitrogens is 2. The standard InChI is InChI=1S/C29H42N4O4S/c1-6-36-27(35)20-11-10-16-33(18-20)26(34)23-15-14-22(37-23)19-38-28-30-24(29(2,3)4)17-25(31-28)32(5)21-12-8-7-9-13-21/h14-15,17,20-21H,6-13,16,18-19H2,1-5H3. The van der Waals surface area contributed by atoms with Gasteiger partial charge in [0.2, 0.25) is 0 Å². The predicted molar refractivity (Wildman–Crippen MR) is 150 cm³/mol. The van der Waals surface area contributed by atoms with Crippen LogP contribution in [0.3, 0.4) is 0 Å². The zero-order valence-electron chi connectivity index (χ0n) is 23.5. The molecule has 1 saturated carbocycles. The highest BCUT2D eigenvalue weighted by Gasteiger charge is 2.31. The number of anilines is 1. The maximum Gasteiger partial charge on any atom is 0.310 e. The third kappa shape index (κ3) is 7.10. The normalized spacial score (nSPS) is 18.9. The fourth-order valence-electron chi connectivity index (χ4n) is 5.17. The summed E-state index contributed by atoms with van der Waals surface area (Å²) in [5.74, 6) is 1.81. The SMILES string of the molecule is CCOC(=O)C1CCCN(C(=O)c2ccc(CSc3nc(N(C)C4CCCCC4)cc(C(C)(C)C)n3)o2)C1. The van der Waals surface area contributed by atoms with Gasteiger partial charge in [-0.1, -0.05) is 51.8 Å². The molecule has 2 aromatic heterocycles. The van der Waals surface area contributed by atoms with Gasteiger partial charge in [0.05, 0.1) is 24.0 Å². The summed E-state index contributed by atoms with van der Waals surface area (Å²) in [4.78, 5) is 39.0. The van der Waals surface area contributed by atoms with E-state index in [1.165, 1.54) is 43.9 Å². The lowest BCUT2D eigenvalue weighted by Crippen LogP contribution is -2.42. The Hall–Kier alpha value is -2.55. The van der Waals surface area contributed by atoms with E-state index in [1.54, 1.807) is 17.9 Å². The Morgan fingerprint density at radius 2 is 1.89 bits per heavy atom. The van der Waals surface area contributed by atoms with Crippen LogP contribution < -0.4 is 4.90 Å². The van der Waals surface area contributed by atoms with Crippen molar-refractivity contribution in [2.24, 2.45) is 5.92 Å². The van der Waals surface area contributed by atoms with E-state index in [-0.39, 0.29) is 23.2 Å². The van der Waals surface area contributed by atoms with Gasteiger partial charge in [0.1, 0.15) is 11.6 Å². The van der Waals surface area contributed by atoms with Crippen molar-refractivity contribution in [1.82, 2.24) is 14.9 Å². The molecule has 2 aliphatic rings. The summed E-state index contributed by atoms with van der Waals surface area (Å²) in [5, 5.41) is 0.715. The van der Waals surface area contributed by atoms with Crippen LogP contribution in [0.2, 0.25) is 0 Å². The second-order valence-electron chi connectivity index (χ2n) is 11.4.